The predicted molar refractivity (Wildman–Crippen MR) is 124 cm³/mol. The average Bonchev–Trinajstić information content (AvgIpc) is 2.77. The van der Waals surface area contributed by atoms with E-state index in [-0.39, 0.29) is 12.5 Å². The first-order chi connectivity index (χ1) is 15.2. The second-order valence-corrected chi connectivity index (χ2v) is 9.18. The van der Waals surface area contributed by atoms with Gasteiger partial charge in [-0.25, -0.2) is 13.2 Å². The molecule has 0 aliphatic heterocycles. The summed E-state index contributed by atoms with van der Waals surface area (Å²) in [7, 11) is -2.26. The van der Waals surface area contributed by atoms with Crippen LogP contribution >= 0.6 is 0 Å². The molecule has 3 aromatic carbocycles. The van der Waals surface area contributed by atoms with Crippen LogP contribution in [0.4, 0.5) is 11.4 Å². The van der Waals surface area contributed by atoms with Crippen molar-refractivity contribution in [3.05, 3.63) is 95.1 Å². The lowest BCUT2D eigenvalue weighted by molar-refractivity contribution is 0.0600. The molecule has 0 saturated carbocycles. The largest absolute Gasteiger partial charge is 0.465 e. The number of amides is 1. The third kappa shape index (κ3) is 5.53. The lowest BCUT2D eigenvalue weighted by Crippen LogP contribution is -2.29. The molecule has 166 valence electrons. The number of sulfonamides is 1. The maximum atomic E-state index is 12.6. The highest BCUT2D eigenvalue weighted by molar-refractivity contribution is 7.92. The zero-order valence-electron chi connectivity index (χ0n) is 18.0. The van der Waals surface area contributed by atoms with Gasteiger partial charge in [-0.3, -0.25) is 9.10 Å². The van der Waals surface area contributed by atoms with Gasteiger partial charge in [-0.1, -0.05) is 30.3 Å². The number of anilines is 2. The van der Waals surface area contributed by atoms with Gasteiger partial charge in [-0.05, 0) is 60.5 Å². The molecule has 1 N–H and O–H groups in total. The minimum absolute atomic E-state index is 0.192. The normalized spacial score (nSPS) is 11.0. The number of nitrogens with zero attached hydrogens (tertiary/aromatic N) is 1. The van der Waals surface area contributed by atoms with E-state index in [2.05, 4.69) is 10.1 Å². The number of methoxy groups -OCH3 is 1. The van der Waals surface area contributed by atoms with E-state index >= 15 is 0 Å². The number of esters is 1. The van der Waals surface area contributed by atoms with E-state index in [1.807, 2.05) is 31.2 Å². The van der Waals surface area contributed by atoms with E-state index in [4.69, 9.17) is 0 Å². The van der Waals surface area contributed by atoms with Crippen LogP contribution in [0.3, 0.4) is 0 Å². The second kappa shape index (κ2) is 9.65. The van der Waals surface area contributed by atoms with Gasteiger partial charge in [-0.2, -0.15) is 0 Å². The number of carbonyl (C=O) groups is 2. The predicted octanol–water partition coefficient (Wildman–Crippen LogP) is 4.00. The van der Waals surface area contributed by atoms with Crippen LogP contribution in [0.5, 0.6) is 0 Å². The highest BCUT2D eigenvalue weighted by Gasteiger charge is 2.19. The van der Waals surface area contributed by atoms with Crippen molar-refractivity contribution < 1.29 is 22.7 Å². The molecular weight excluding hydrogens is 428 g/mol. The molecule has 7 nitrogen and oxygen atoms in total. The standard InChI is InChI=1S/C24H24N2O5S/c1-17-7-4-5-8-20(17)16-26(32(3,29)30)22-13-11-18(12-14-22)23(27)25-21-10-6-9-19(15-21)24(28)31-2/h4-15H,16H2,1-3H3,(H,25,27). The molecule has 0 unspecified atom stereocenters. The van der Waals surface area contributed by atoms with Gasteiger partial charge in [0.2, 0.25) is 10.0 Å². The van der Waals surface area contributed by atoms with E-state index in [0.717, 1.165) is 17.4 Å². The van der Waals surface area contributed by atoms with Crippen molar-refractivity contribution in [1.82, 2.24) is 0 Å². The molecule has 3 aromatic rings. The van der Waals surface area contributed by atoms with Gasteiger partial charge in [0.1, 0.15) is 0 Å². The summed E-state index contributed by atoms with van der Waals surface area (Å²) in [4.78, 5) is 24.3. The molecule has 0 fully saturated rings. The number of benzene rings is 3. The van der Waals surface area contributed by atoms with Gasteiger partial charge in [0.05, 0.1) is 31.2 Å². The molecule has 0 bridgehead atoms. The monoisotopic (exact) mass is 452 g/mol. The van der Waals surface area contributed by atoms with Crippen molar-refractivity contribution in [1.29, 1.82) is 0 Å². The molecule has 8 heteroatoms. The second-order valence-electron chi connectivity index (χ2n) is 7.27. The smallest absolute Gasteiger partial charge is 0.337 e. The summed E-state index contributed by atoms with van der Waals surface area (Å²) < 4.78 is 30.8. The summed E-state index contributed by atoms with van der Waals surface area (Å²) in [5.41, 5.74) is 3.46. The summed E-state index contributed by atoms with van der Waals surface area (Å²) in [6.45, 7) is 2.12. The zero-order chi connectivity index (χ0) is 23.3. The van der Waals surface area contributed by atoms with Gasteiger partial charge >= 0.3 is 5.97 Å². The number of ether oxygens (including phenoxy) is 1. The molecule has 0 aliphatic carbocycles. The van der Waals surface area contributed by atoms with Crippen LogP contribution in [-0.2, 0) is 21.3 Å². The Kier molecular flexibility index (Phi) is 6.95. The van der Waals surface area contributed by atoms with Crippen molar-refractivity contribution in [2.75, 3.05) is 23.0 Å². The summed E-state index contributed by atoms with van der Waals surface area (Å²) in [6.07, 6.45) is 1.15. The van der Waals surface area contributed by atoms with Crippen molar-refractivity contribution in [2.45, 2.75) is 13.5 Å². The molecule has 0 atom stereocenters. The van der Waals surface area contributed by atoms with Crippen LogP contribution in [-0.4, -0.2) is 33.7 Å². The van der Waals surface area contributed by atoms with E-state index in [1.165, 1.54) is 17.5 Å². The molecule has 1 amide bonds. The number of hydrogen-bond acceptors (Lipinski definition) is 5. The molecule has 0 aliphatic rings. The summed E-state index contributed by atoms with van der Waals surface area (Å²) in [5, 5.41) is 2.73. The van der Waals surface area contributed by atoms with Gasteiger partial charge in [0.15, 0.2) is 0 Å². The van der Waals surface area contributed by atoms with Crippen LogP contribution in [0, 0.1) is 6.92 Å². The Morgan fingerprint density at radius 1 is 0.938 bits per heavy atom. The van der Waals surface area contributed by atoms with Crippen LogP contribution in [0.2, 0.25) is 0 Å². The number of carbonyl (C=O) groups excluding carboxylic acids is 2. The van der Waals surface area contributed by atoms with Gasteiger partial charge in [-0.15, -0.1) is 0 Å². The lowest BCUT2D eigenvalue weighted by Gasteiger charge is -2.23. The third-order valence-corrected chi connectivity index (χ3v) is 6.08. The Bertz CT molecular complexity index is 1240. The molecule has 0 spiro atoms. The Morgan fingerprint density at radius 3 is 2.25 bits per heavy atom. The van der Waals surface area contributed by atoms with Gasteiger partial charge in [0, 0.05) is 11.3 Å². The Hall–Kier alpha value is -3.65. The van der Waals surface area contributed by atoms with Crippen LogP contribution in [0.25, 0.3) is 0 Å². The Balaban J connectivity index is 1.80. The maximum Gasteiger partial charge on any atom is 0.337 e. The van der Waals surface area contributed by atoms with Gasteiger partial charge < -0.3 is 10.1 Å². The molecule has 32 heavy (non-hydrogen) atoms. The van der Waals surface area contributed by atoms with Crippen LogP contribution in [0.15, 0.2) is 72.8 Å². The molecule has 3 rings (SSSR count). The summed E-state index contributed by atoms with van der Waals surface area (Å²) in [5.74, 6) is -0.886. The highest BCUT2D eigenvalue weighted by atomic mass is 32.2. The lowest BCUT2D eigenvalue weighted by atomic mass is 10.1. The van der Waals surface area contributed by atoms with Gasteiger partial charge in [0.25, 0.3) is 5.91 Å². The first kappa shape index (κ1) is 23.0. The Labute approximate surface area is 187 Å². The van der Waals surface area contributed by atoms with Crippen LogP contribution < -0.4 is 9.62 Å². The number of rotatable bonds is 7. The average molecular weight is 453 g/mol. The van der Waals surface area contributed by atoms with E-state index in [9.17, 15) is 18.0 Å². The Morgan fingerprint density at radius 2 is 1.62 bits per heavy atom. The molecule has 0 aromatic heterocycles. The first-order valence-electron chi connectivity index (χ1n) is 9.81. The maximum absolute atomic E-state index is 12.6. The first-order valence-corrected chi connectivity index (χ1v) is 11.7. The number of nitrogens with one attached hydrogen (secondary N) is 1. The third-order valence-electron chi connectivity index (χ3n) is 4.93. The minimum Gasteiger partial charge on any atom is -0.465 e. The van der Waals surface area contributed by atoms with E-state index in [0.29, 0.717) is 22.5 Å². The highest BCUT2D eigenvalue weighted by Crippen LogP contribution is 2.23. The quantitative estimate of drug-likeness (QED) is 0.547. The zero-order valence-corrected chi connectivity index (χ0v) is 18.8. The van der Waals surface area contributed by atoms with Crippen molar-refractivity contribution in [3.63, 3.8) is 0 Å². The molecule has 0 saturated heterocycles. The SMILES string of the molecule is COC(=O)c1cccc(NC(=O)c2ccc(N(Cc3ccccc3C)S(C)(=O)=O)cc2)c1. The molecular formula is C24H24N2O5S. The number of hydrogen-bond donors (Lipinski definition) is 1. The fourth-order valence-electron chi connectivity index (χ4n) is 3.17. The number of aryl methyl sites for hydroxylation is 1. The fraction of sp³-hybridized carbons (Fsp3) is 0.167. The van der Waals surface area contributed by atoms with E-state index in [1.54, 1.807) is 42.5 Å². The molecule has 0 heterocycles. The summed E-state index contributed by atoms with van der Waals surface area (Å²) >= 11 is 0. The van der Waals surface area contributed by atoms with E-state index < -0.39 is 16.0 Å². The minimum atomic E-state index is -3.54. The molecule has 0 radical (unpaired) electrons. The van der Waals surface area contributed by atoms with Crippen molar-refractivity contribution >= 4 is 33.3 Å². The topological polar surface area (TPSA) is 92.8 Å². The fourth-order valence-corrected chi connectivity index (χ4v) is 4.04. The van der Waals surface area contributed by atoms with Crippen molar-refractivity contribution in [2.24, 2.45) is 0 Å². The van der Waals surface area contributed by atoms with Crippen LogP contribution in [0.1, 0.15) is 31.8 Å². The van der Waals surface area contributed by atoms with Crippen molar-refractivity contribution in [3.8, 4) is 0 Å². The summed E-state index contributed by atoms with van der Waals surface area (Å²) in [6, 6.07) is 20.3.